The summed E-state index contributed by atoms with van der Waals surface area (Å²) in [6.07, 6.45) is 0. The molecule has 1 rings (SSSR count). The van der Waals surface area contributed by atoms with E-state index in [0.29, 0.717) is 12.2 Å². The number of hydrogen-bond donors (Lipinski definition) is 2. The molecule has 84 valence electrons. The van der Waals surface area contributed by atoms with Crippen molar-refractivity contribution < 1.29 is 9.53 Å². The average Bonchev–Trinajstić information content (AvgIpc) is 2.28. The Bertz CT molecular complexity index is 419. The molecule has 0 fully saturated rings. The zero-order valence-corrected chi connectivity index (χ0v) is 9.12. The number of carbonyl (C=O) groups is 1. The largest absolute Gasteiger partial charge is 0.375 e. The van der Waals surface area contributed by atoms with E-state index >= 15 is 0 Å². The Morgan fingerprint density at radius 3 is 2.94 bits per heavy atom. The molecular weight excluding hydrogens is 204 g/mol. The van der Waals surface area contributed by atoms with Crippen molar-refractivity contribution in [3.8, 4) is 11.8 Å². The number of methoxy groups -OCH3 is 1. The van der Waals surface area contributed by atoms with Crippen molar-refractivity contribution in [1.82, 2.24) is 0 Å². The molecule has 1 aromatic carbocycles. The van der Waals surface area contributed by atoms with Crippen molar-refractivity contribution in [3.63, 3.8) is 0 Å². The third-order valence-corrected chi connectivity index (χ3v) is 1.80. The second-order valence-corrected chi connectivity index (χ2v) is 3.03. The number of para-hydroxylation sites is 1. The maximum Gasteiger partial charge on any atom is 0.250 e. The number of ether oxygens (including phenoxy) is 1. The third kappa shape index (κ3) is 3.73. The highest BCUT2D eigenvalue weighted by Gasteiger charge is 2.03. The number of carbonyl (C=O) groups excluding carboxylic acids is 1. The first kappa shape index (κ1) is 12.2. The van der Waals surface area contributed by atoms with E-state index in [1.54, 1.807) is 6.07 Å². The van der Waals surface area contributed by atoms with Gasteiger partial charge in [0.2, 0.25) is 5.91 Å². The summed E-state index contributed by atoms with van der Waals surface area (Å²) in [5, 5.41) is 2.71. The number of anilines is 1. The Balaban J connectivity index is 2.82. The van der Waals surface area contributed by atoms with Gasteiger partial charge >= 0.3 is 0 Å². The second kappa shape index (κ2) is 6.62. The van der Waals surface area contributed by atoms with Crippen LogP contribution in [0.5, 0.6) is 0 Å². The van der Waals surface area contributed by atoms with Gasteiger partial charge in [-0.15, -0.1) is 0 Å². The summed E-state index contributed by atoms with van der Waals surface area (Å²) in [6.45, 7) is 0.318. The van der Waals surface area contributed by atoms with Crippen LogP contribution in [0.25, 0.3) is 0 Å². The SMILES string of the molecule is COCC(=O)Nc1ccccc1C#CCN. The molecule has 0 aliphatic heterocycles. The van der Waals surface area contributed by atoms with Crippen LogP contribution in [0.1, 0.15) is 5.56 Å². The molecule has 0 radical (unpaired) electrons. The van der Waals surface area contributed by atoms with Crippen LogP contribution in [-0.2, 0) is 9.53 Å². The number of amides is 1. The summed E-state index contributed by atoms with van der Waals surface area (Å²) < 4.78 is 4.73. The molecule has 3 N–H and O–H groups in total. The van der Waals surface area contributed by atoms with E-state index in [4.69, 9.17) is 10.5 Å². The van der Waals surface area contributed by atoms with Crippen LogP contribution in [-0.4, -0.2) is 26.2 Å². The highest BCUT2D eigenvalue weighted by atomic mass is 16.5. The van der Waals surface area contributed by atoms with E-state index < -0.39 is 0 Å². The van der Waals surface area contributed by atoms with Crippen LogP contribution in [0.15, 0.2) is 24.3 Å². The van der Waals surface area contributed by atoms with E-state index in [0.717, 1.165) is 5.56 Å². The normalized spacial score (nSPS) is 9.12. The number of benzene rings is 1. The average molecular weight is 218 g/mol. The van der Waals surface area contributed by atoms with Crippen molar-refractivity contribution in [2.75, 3.05) is 25.6 Å². The quantitative estimate of drug-likeness (QED) is 0.729. The van der Waals surface area contributed by atoms with Crippen LogP contribution >= 0.6 is 0 Å². The zero-order chi connectivity index (χ0) is 11.8. The monoisotopic (exact) mass is 218 g/mol. The summed E-state index contributed by atoms with van der Waals surface area (Å²) in [4.78, 5) is 11.3. The molecular formula is C12H14N2O2. The van der Waals surface area contributed by atoms with Crippen molar-refractivity contribution in [1.29, 1.82) is 0 Å². The Morgan fingerprint density at radius 2 is 2.25 bits per heavy atom. The Morgan fingerprint density at radius 1 is 1.50 bits per heavy atom. The van der Waals surface area contributed by atoms with Crippen LogP contribution in [0.2, 0.25) is 0 Å². The van der Waals surface area contributed by atoms with Crippen LogP contribution < -0.4 is 11.1 Å². The van der Waals surface area contributed by atoms with Crippen molar-refractivity contribution >= 4 is 11.6 Å². The molecule has 0 atom stereocenters. The van der Waals surface area contributed by atoms with Gasteiger partial charge in [-0.3, -0.25) is 4.79 Å². The topological polar surface area (TPSA) is 64.3 Å². The van der Waals surface area contributed by atoms with Gasteiger partial charge in [-0.2, -0.15) is 0 Å². The van der Waals surface area contributed by atoms with E-state index in [2.05, 4.69) is 17.2 Å². The molecule has 1 aromatic rings. The lowest BCUT2D eigenvalue weighted by atomic mass is 10.2. The molecule has 0 unspecified atom stereocenters. The second-order valence-electron chi connectivity index (χ2n) is 3.03. The fourth-order valence-corrected chi connectivity index (χ4v) is 1.16. The van der Waals surface area contributed by atoms with Gasteiger partial charge in [-0.05, 0) is 12.1 Å². The fraction of sp³-hybridized carbons (Fsp3) is 0.250. The maximum atomic E-state index is 11.3. The van der Waals surface area contributed by atoms with Crippen LogP contribution in [0, 0.1) is 11.8 Å². The molecule has 0 aliphatic rings. The summed E-state index contributed by atoms with van der Waals surface area (Å²) >= 11 is 0. The summed E-state index contributed by atoms with van der Waals surface area (Å²) in [5.41, 5.74) is 6.71. The first-order valence-electron chi connectivity index (χ1n) is 4.84. The number of nitrogens with one attached hydrogen (secondary N) is 1. The lowest BCUT2D eigenvalue weighted by molar-refractivity contribution is -0.119. The summed E-state index contributed by atoms with van der Waals surface area (Å²) in [7, 11) is 1.47. The molecule has 0 aromatic heterocycles. The van der Waals surface area contributed by atoms with Gasteiger partial charge in [-0.25, -0.2) is 0 Å². The molecule has 0 aliphatic carbocycles. The van der Waals surface area contributed by atoms with Crippen LogP contribution in [0.4, 0.5) is 5.69 Å². The first-order chi connectivity index (χ1) is 7.77. The molecule has 0 bridgehead atoms. The van der Waals surface area contributed by atoms with E-state index in [9.17, 15) is 4.79 Å². The Kier molecular flexibility index (Phi) is 5.06. The maximum absolute atomic E-state index is 11.3. The molecule has 0 spiro atoms. The standard InChI is InChI=1S/C12H14N2O2/c1-16-9-12(15)14-11-7-3-2-5-10(11)6-4-8-13/h2-3,5,7H,8-9,13H2,1H3,(H,14,15). The first-order valence-corrected chi connectivity index (χ1v) is 4.84. The van der Waals surface area contributed by atoms with Crippen molar-refractivity contribution in [3.05, 3.63) is 29.8 Å². The number of nitrogens with two attached hydrogens (primary N) is 1. The highest BCUT2D eigenvalue weighted by molar-refractivity contribution is 5.93. The Labute approximate surface area is 94.8 Å². The summed E-state index contributed by atoms with van der Waals surface area (Å²) in [6, 6.07) is 7.29. The molecule has 16 heavy (non-hydrogen) atoms. The smallest absolute Gasteiger partial charge is 0.250 e. The van der Waals surface area contributed by atoms with E-state index in [1.165, 1.54) is 7.11 Å². The number of rotatable bonds is 3. The van der Waals surface area contributed by atoms with Gasteiger partial charge in [-0.1, -0.05) is 24.0 Å². The van der Waals surface area contributed by atoms with Crippen LogP contribution in [0.3, 0.4) is 0 Å². The van der Waals surface area contributed by atoms with Crippen molar-refractivity contribution in [2.45, 2.75) is 0 Å². The lowest BCUT2D eigenvalue weighted by Crippen LogP contribution is -2.17. The fourth-order valence-electron chi connectivity index (χ4n) is 1.16. The lowest BCUT2D eigenvalue weighted by Gasteiger charge is -2.06. The molecule has 0 heterocycles. The molecule has 0 saturated heterocycles. The Hall–Kier alpha value is -1.83. The minimum atomic E-state index is -0.204. The van der Waals surface area contributed by atoms with Crippen molar-refractivity contribution in [2.24, 2.45) is 5.73 Å². The minimum Gasteiger partial charge on any atom is -0.375 e. The van der Waals surface area contributed by atoms with Gasteiger partial charge in [0.15, 0.2) is 0 Å². The van der Waals surface area contributed by atoms with Gasteiger partial charge < -0.3 is 15.8 Å². The zero-order valence-electron chi connectivity index (χ0n) is 9.12. The highest BCUT2D eigenvalue weighted by Crippen LogP contribution is 2.13. The van der Waals surface area contributed by atoms with E-state index in [-0.39, 0.29) is 12.5 Å². The molecule has 4 nitrogen and oxygen atoms in total. The third-order valence-electron chi connectivity index (χ3n) is 1.80. The molecule has 4 heteroatoms. The van der Waals surface area contributed by atoms with Gasteiger partial charge in [0.05, 0.1) is 12.2 Å². The predicted octanol–water partition coefficient (Wildman–Crippen LogP) is 0.582. The number of hydrogen-bond acceptors (Lipinski definition) is 3. The summed E-state index contributed by atoms with van der Waals surface area (Å²) in [5.74, 6) is 5.43. The van der Waals surface area contributed by atoms with E-state index in [1.807, 2.05) is 18.2 Å². The predicted molar refractivity (Wildman–Crippen MR) is 62.9 cm³/mol. The molecule has 1 amide bonds. The molecule has 0 saturated carbocycles. The van der Waals surface area contributed by atoms with Gasteiger partial charge in [0.1, 0.15) is 6.61 Å². The minimum absolute atomic E-state index is 0.0264. The van der Waals surface area contributed by atoms with Gasteiger partial charge in [0.25, 0.3) is 0 Å². The van der Waals surface area contributed by atoms with Gasteiger partial charge in [0, 0.05) is 12.7 Å².